The third-order valence-electron chi connectivity index (χ3n) is 1.75. The van der Waals surface area contributed by atoms with Gasteiger partial charge >= 0.3 is 5.97 Å². The van der Waals surface area contributed by atoms with Gasteiger partial charge < -0.3 is 9.47 Å². The van der Waals surface area contributed by atoms with Crippen molar-refractivity contribution in [2.24, 2.45) is 0 Å². The lowest BCUT2D eigenvalue weighted by molar-refractivity contribution is -0.156. The molecule has 1 unspecified atom stereocenters. The number of rotatable bonds is 4. The summed E-state index contributed by atoms with van der Waals surface area (Å²) >= 11 is 3.34. The first-order valence-electron chi connectivity index (χ1n) is 4.78. The van der Waals surface area contributed by atoms with Crippen LogP contribution in [0.1, 0.15) is 13.8 Å². The Balaban J connectivity index is 2.58. The minimum absolute atomic E-state index is 0.350. The maximum absolute atomic E-state index is 11.2. The van der Waals surface area contributed by atoms with Crippen LogP contribution in [0.2, 0.25) is 0 Å². The fourth-order valence-electron chi connectivity index (χ4n) is 0.994. The lowest BCUT2D eigenvalue weighted by atomic mass is 10.3. The van der Waals surface area contributed by atoms with Crippen molar-refractivity contribution in [3.63, 3.8) is 0 Å². The molecule has 0 amide bonds. The van der Waals surface area contributed by atoms with Crippen LogP contribution in [-0.2, 0) is 9.53 Å². The molecule has 0 heterocycles. The molecular weight excluding hydrogens is 272 g/mol. The number of para-hydroxylation sites is 1. The second-order valence-corrected chi connectivity index (χ2v) is 4.16. The lowest BCUT2D eigenvalue weighted by Crippen LogP contribution is -2.21. The first kappa shape index (κ1) is 12.8. The summed E-state index contributed by atoms with van der Waals surface area (Å²) < 4.78 is 11.2. The fourth-order valence-corrected chi connectivity index (χ4v) is 1.37. The van der Waals surface area contributed by atoms with Crippen molar-refractivity contribution < 1.29 is 14.3 Å². The van der Waals surface area contributed by atoms with Gasteiger partial charge in [0.1, 0.15) is 5.75 Å². The van der Waals surface area contributed by atoms with E-state index in [0.717, 1.165) is 4.47 Å². The summed E-state index contributed by atoms with van der Waals surface area (Å²) in [7, 11) is 0. The molecule has 0 saturated heterocycles. The molecule has 0 saturated carbocycles. The topological polar surface area (TPSA) is 35.5 Å². The third-order valence-corrected chi connectivity index (χ3v) is 2.41. The molecule has 16 heavy (non-hydrogen) atoms. The molecule has 1 atom stereocenters. The van der Waals surface area contributed by atoms with E-state index in [2.05, 4.69) is 22.5 Å². The molecule has 0 aromatic heterocycles. The smallest absolute Gasteiger partial charge is 0.336 e. The number of hydrogen-bond acceptors (Lipinski definition) is 3. The Morgan fingerprint density at radius 3 is 2.62 bits per heavy atom. The van der Waals surface area contributed by atoms with E-state index in [9.17, 15) is 4.79 Å². The highest BCUT2D eigenvalue weighted by atomic mass is 79.9. The average Bonchev–Trinajstić information content (AvgIpc) is 2.21. The third kappa shape index (κ3) is 3.70. The zero-order valence-corrected chi connectivity index (χ0v) is 10.8. The molecule has 0 aliphatic heterocycles. The van der Waals surface area contributed by atoms with E-state index in [4.69, 9.17) is 9.47 Å². The minimum atomic E-state index is -0.650. The van der Waals surface area contributed by atoms with Crippen LogP contribution in [0.15, 0.2) is 40.9 Å². The molecule has 0 bridgehead atoms. The number of esters is 1. The fraction of sp³-hybridized carbons (Fsp3) is 0.250. The maximum Gasteiger partial charge on any atom is 0.336 e. The van der Waals surface area contributed by atoms with Gasteiger partial charge in [-0.25, -0.2) is 4.79 Å². The Morgan fingerprint density at radius 2 is 2.06 bits per heavy atom. The molecule has 0 aliphatic carbocycles. The number of carbonyl (C=O) groups excluding carboxylic acids is 1. The van der Waals surface area contributed by atoms with Crippen LogP contribution in [0.25, 0.3) is 0 Å². The van der Waals surface area contributed by atoms with Gasteiger partial charge in [-0.15, -0.1) is 0 Å². The van der Waals surface area contributed by atoms with E-state index >= 15 is 0 Å². The molecule has 1 aromatic carbocycles. The van der Waals surface area contributed by atoms with Crippen LogP contribution in [0.5, 0.6) is 5.75 Å². The van der Waals surface area contributed by atoms with Gasteiger partial charge in [0.2, 0.25) is 6.29 Å². The minimum Gasteiger partial charge on any atom is -0.454 e. The molecule has 1 aromatic rings. The summed E-state index contributed by atoms with van der Waals surface area (Å²) in [6.45, 7) is 6.74. The zero-order chi connectivity index (χ0) is 12.1. The van der Waals surface area contributed by atoms with Crippen molar-refractivity contribution in [3.8, 4) is 5.75 Å². The highest BCUT2D eigenvalue weighted by molar-refractivity contribution is 9.10. The number of carbonyl (C=O) groups is 1. The monoisotopic (exact) mass is 284 g/mol. The molecule has 0 fully saturated rings. The highest BCUT2D eigenvalue weighted by Gasteiger charge is 2.12. The number of ether oxygens (including phenoxy) is 2. The summed E-state index contributed by atoms with van der Waals surface area (Å²) in [5.74, 6) is 0.170. The maximum atomic E-state index is 11.2. The predicted molar refractivity (Wildman–Crippen MR) is 65.1 cm³/mol. The van der Waals surface area contributed by atoms with Crippen molar-refractivity contribution in [1.29, 1.82) is 0 Å². The summed E-state index contributed by atoms with van der Waals surface area (Å²) in [6, 6.07) is 7.35. The highest BCUT2D eigenvalue weighted by Crippen LogP contribution is 2.25. The molecule has 3 nitrogen and oxygen atoms in total. The first-order valence-corrected chi connectivity index (χ1v) is 5.57. The molecule has 0 radical (unpaired) electrons. The SMILES string of the molecule is C=C(C)C(=O)OC(C)Oc1ccccc1Br. The number of hydrogen-bond donors (Lipinski definition) is 0. The summed E-state index contributed by atoms with van der Waals surface area (Å²) in [4.78, 5) is 11.2. The van der Waals surface area contributed by atoms with E-state index in [1.54, 1.807) is 19.9 Å². The number of benzene rings is 1. The number of halogens is 1. The molecule has 0 spiro atoms. The summed E-state index contributed by atoms with van der Waals surface area (Å²) in [5, 5.41) is 0. The van der Waals surface area contributed by atoms with Gasteiger partial charge in [0.25, 0.3) is 0 Å². The largest absolute Gasteiger partial charge is 0.454 e. The predicted octanol–water partition coefficient (Wildman–Crippen LogP) is 3.29. The van der Waals surface area contributed by atoms with Gasteiger partial charge in [-0.05, 0) is 35.0 Å². The lowest BCUT2D eigenvalue weighted by Gasteiger charge is -2.16. The van der Waals surface area contributed by atoms with E-state index in [1.165, 1.54) is 0 Å². The van der Waals surface area contributed by atoms with Crippen molar-refractivity contribution in [2.45, 2.75) is 20.1 Å². The van der Waals surface area contributed by atoms with Gasteiger partial charge in [-0.1, -0.05) is 18.7 Å². The van der Waals surface area contributed by atoms with Gasteiger partial charge in [-0.2, -0.15) is 0 Å². The normalized spacial score (nSPS) is 11.7. The van der Waals surface area contributed by atoms with Crippen molar-refractivity contribution in [2.75, 3.05) is 0 Å². The Kier molecular flexibility index (Phi) is 4.55. The Labute approximate surface area is 103 Å². The molecule has 0 aliphatic rings. The quantitative estimate of drug-likeness (QED) is 0.484. The second kappa shape index (κ2) is 5.70. The van der Waals surface area contributed by atoms with E-state index in [-0.39, 0.29) is 0 Å². The molecular formula is C12H13BrO3. The molecule has 4 heteroatoms. The van der Waals surface area contributed by atoms with Crippen LogP contribution in [0.4, 0.5) is 0 Å². The average molecular weight is 285 g/mol. The van der Waals surface area contributed by atoms with E-state index < -0.39 is 12.3 Å². The standard InChI is InChI=1S/C12H13BrO3/c1-8(2)12(14)16-9(3)15-11-7-5-4-6-10(11)13/h4-7,9H,1H2,2-3H3. The molecule has 86 valence electrons. The molecule has 1 rings (SSSR count). The van der Waals surface area contributed by atoms with Crippen LogP contribution in [0.3, 0.4) is 0 Å². The van der Waals surface area contributed by atoms with Crippen molar-refractivity contribution in [1.82, 2.24) is 0 Å². The Bertz CT molecular complexity index is 401. The Morgan fingerprint density at radius 1 is 1.44 bits per heavy atom. The van der Waals surface area contributed by atoms with Crippen LogP contribution in [0, 0.1) is 0 Å². The van der Waals surface area contributed by atoms with Crippen molar-refractivity contribution in [3.05, 3.63) is 40.9 Å². The van der Waals surface area contributed by atoms with Gasteiger partial charge in [0.05, 0.1) is 4.47 Å². The first-order chi connectivity index (χ1) is 7.50. The van der Waals surface area contributed by atoms with Gasteiger partial charge in [0, 0.05) is 12.5 Å². The van der Waals surface area contributed by atoms with Crippen molar-refractivity contribution >= 4 is 21.9 Å². The van der Waals surface area contributed by atoms with E-state index in [0.29, 0.717) is 11.3 Å². The van der Waals surface area contributed by atoms with Crippen LogP contribution < -0.4 is 4.74 Å². The second-order valence-electron chi connectivity index (χ2n) is 3.30. The van der Waals surface area contributed by atoms with Gasteiger partial charge in [0.15, 0.2) is 0 Å². The van der Waals surface area contributed by atoms with E-state index in [1.807, 2.05) is 18.2 Å². The van der Waals surface area contributed by atoms with Crippen LogP contribution >= 0.6 is 15.9 Å². The molecule has 0 N–H and O–H groups in total. The zero-order valence-electron chi connectivity index (χ0n) is 9.20. The van der Waals surface area contributed by atoms with Crippen LogP contribution in [-0.4, -0.2) is 12.3 Å². The summed E-state index contributed by atoms with van der Waals surface area (Å²) in [5.41, 5.74) is 0.350. The summed E-state index contributed by atoms with van der Waals surface area (Å²) in [6.07, 6.45) is -0.650. The van der Waals surface area contributed by atoms with Gasteiger partial charge in [-0.3, -0.25) is 0 Å². The Hall–Kier alpha value is -1.29.